The molecule has 77 heavy (non-hydrogen) atoms. The van der Waals surface area contributed by atoms with Crippen LogP contribution in [0.4, 0.5) is 42.9 Å². The predicted molar refractivity (Wildman–Crippen MR) is 322 cm³/mol. The number of benzene rings is 13. The molecule has 0 spiro atoms. The summed E-state index contributed by atoms with van der Waals surface area (Å²) in [6.45, 7) is 2.07. The van der Waals surface area contributed by atoms with Gasteiger partial charge in [0.1, 0.15) is 11.6 Å². The fourth-order valence-electron chi connectivity index (χ4n) is 11.2. The van der Waals surface area contributed by atoms with Crippen LogP contribution >= 0.6 is 0 Å². The molecule has 13 rings (SSSR count). The van der Waals surface area contributed by atoms with Crippen LogP contribution in [0.2, 0.25) is 0 Å². The van der Waals surface area contributed by atoms with Gasteiger partial charge in [-0.2, -0.15) is 0 Å². The summed E-state index contributed by atoms with van der Waals surface area (Å²) in [5, 5.41) is 8.88. The highest BCUT2D eigenvalue weighted by molar-refractivity contribution is 6.18. The van der Waals surface area contributed by atoms with E-state index in [9.17, 15) is 8.78 Å². The highest BCUT2D eigenvalue weighted by Crippen LogP contribution is 2.48. The van der Waals surface area contributed by atoms with Crippen molar-refractivity contribution in [2.24, 2.45) is 0 Å². The molecule has 0 saturated heterocycles. The van der Waals surface area contributed by atoms with E-state index < -0.39 is 0 Å². The molecule has 0 N–H and O–H groups in total. The lowest BCUT2D eigenvalue weighted by Gasteiger charge is -2.30. The summed E-state index contributed by atoms with van der Waals surface area (Å²) in [7, 11) is 0. The molecule has 0 radical (unpaired) electrons. The van der Waals surface area contributed by atoms with Crippen molar-refractivity contribution < 1.29 is 8.78 Å². The Bertz CT molecular complexity index is 4350. The van der Waals surface area contributed by atoms with Gasteiger partial charge in [-0.1, -0.05) is 194 Å². The zero-order valence-electron chi connectivity index (χ0n) is 42.3. The van der Waals surface area contributed by atoms with E-state index >= 15 is 0 Å². The number of hydrogen-bond donors (Lipinski definition) is 0. The minimum absolute atomic E-state index is 0.273. The number of halogens is 2. The normalized spacial score (nSPS) is 11.5. The van der Waals surface area contributed by atoms with Crippen molar-refractivity contribution in [1.82, 2.24) is 0 Å². The molecule has 0 aliphatic carbocycles. The SMILES string of the molecule is C/C=C\c1ccc(N(c2cc(-c3ccccc3)cc(-c3ccc(F)cc3)c2)c2cccc3ccccc23)c2ccc3ccc(N(c4cc(-c5ccccc5)cc(-c5ccc(F)cc5)c4)c4cccc5ccccc45)cc3c12. The van der Waals surface area contributed by atoms with E-state index in [-0.39, 0.29) is 11.6 Å². The molecule has 0 amide bonds. The van der Waals surface area contributed by atoms with Gasteiger partial charge in [0.2, 0.25) is 0 Å². The Kier molecular flexibility index (Phi) is 12.2. The van der Waals surface area contributed by atoms with E-state index in [1.54, 1.807) is 0 Å². The van der Waals surface area contributed by atoms with Gasteiger partial charge in [0.25, 0.3) is 0 Å². The first-order valence-electron chi connectivity index (χ1n) is 26.0. The Labute approximate surface area is 447 Å². The molecule has 0 unspecified atom stereocenters. The highest BCUT2D eigenvalue weighted by atomic mass is 19.1. The number of anilines is 6. The second-order valence-electron chi connectivity index (χ2n) is 19.5. The molecule has 0 aliphatic heterocycles. The number of nitrogens with zero attached hydrogens (tertiary/aromatic N) is 2. The Morgan fingerprint density at radius 3 is 1.25 bits per heavy atom. The van der Waals surface area contributed by atoms with E-state index in [0.717, 1.165) is 127 Å². The molecule has 0 fully saturated rings. The molecule has 366 valence electrons. The third-order valence-corrected chi connectivity index (χ3v) is 14.8. The lowest BCUT2D eigenvalue weighted by atomic mass is 9.93. The van der Waals surface area contributed by atoms with Gasteiger partial charge in [0, 0.05) is 33.2 Å². The second-order valence-corrected chi connectivity index (χ2v) is 19.5. The zero-order chi connectivity index (χ0) is 51.8. The van der Waals surface area contributed by atoms with E-state index in [0.29, 0.717) is 0 Å². The molecule has 0 heterocycles. The molecule has 4 heteroatoms. The van der Waals surface area contributed by atoms with Crippen LogP contribution in [0.5, 0.6) is 0 Å². The van der Waals surface area contributed by atoms with Gasteiger partial charge in [-0.25, -0.2) is 8.78 Å². The average molecular weight is 993 g/mol. The van der Waals surface area contributed by atoms with Gasteiger partial charge >= 0.3 is 0 Å². The molecule has 0 bridgehead atoms. The maximum Gasteiger partial charge on any atom is 0.123 e. The zero-order valence-corrected chi connectivity index (χ0v) is 42.3. The Morgan fingerprint density at radius 1 is 0.286 bits per heavy atom. The third kappa shape index (κ3) is 8.96. The third-order valence-electron chi connectivity index (χ3n) is 14.8. The molecular formula is C73H50F2N2. The first-order chi connectivity index (χ1) is 37.9. The first kappa shape index (κ1) is 46.9. The van der Waals surface area contributed by atoms with Crippen LogP contribution in [-0.4, -0.2) is 0 Å². The predicted octanol–water partition coefficient (Wildman–Crippen LogP) is 21.2. The van der Waals surface area contributed by atoms with Crippen molar-refractivity contribution in [1.29, 1.82) is 0 Å². The Hall–Kier alpha value is -9.90. The van der Waals surface area contributed by atoms with Crippen molar-refractivity contribution in [2.45, 2.75) is 6.92 Å². The minimum Gasteiger partial charge on any atom is -0.310 e. The first-order valence-corrected chi connectivity index (χ1v) is 26.0. The standard InChI is InChI=1S/C73H50F2N2/c1-2-15-56-34-41-72(77(71-27-14-23-54-21-10-12-25-67(54)71)65-46-58(50-18-7-4-8-19-50)43-60(47-65)52-30-37-62(75)38-31-52)68-40-33-55-32-39-63(48-69(55)73(56)68)76(70-26-13-22-53-20-9-11-24-66(53)70)64-44-57(49-16-5-3-6-17-49)42-59(45-64)51-28-35-61(74)36-29-51/h2-48H,1H3/b15-2-. The number of fused-ring (bicyclic) bond motifs is 5. The van der Waals surface area contributed by atoms with Crippen LogP contribution in [-0.2, 0) is 0 Å². The van der Waals surface area contributed by atoms with Crippen LogP contribution in [0, 0.1) is 11.6 Å². The van der Waals surface area contributed by atoms with Crippen LogP contribution in [0.1, 0.15) is 12.5 Å². The lowest BCUT2D eigenvalue weighted by molar-refractivity contribution is 0.627. The van der Waals surface area contributed by atoms with Crippen LogP contribution in [0.3, 0.4) is 0 Å². The molecule has 2 nitrogen and oxygen atoms in total. The maximum atomic E-state index is 14.5. The quantitative estimate of drug-likeness (QED) is 0.119. The van der Waals surface area contributed by atoms with Crippen molar-refractivity contribution in [3.8, 4) is 44.5 Å². The second kappa shape index (κ2) is 20.1. The maximum absolute atomic E-state index is 14.5. The minimum atomic E-state index is -0.274. The number of rotatable bonds is 11. The molecule has 0 saturated carbocycles. The van der Waals surface area contributed by atoms with Crippen LogP contribution < -0.4 is 9.80 Å². The van der Waals surface area contributed by atoms with Gasteiger partial charge in [-0.05, 0) is 175 Å². The average Bonchev–Trinajstić information content (AvgIpc) is 3.55. The van der Waals surface area contributed by atoms with E-state index in [1.165, 1.54) is 24.3 Å². The van der Waals surface area contributed by atoms with Crippen molar-refractivity contribution in [3.05, 3.63) is 296 Å². The van der Waals surface area contributed by atoms with Crippen LogP contribution in [0.25, 0.3) is 93.7 Å². The fourth-order valence-corrected chi connectivity index (χ4v) is 11.2. The van der Waals surface area contributed by atoms with E-state index in [1.807, 2.05) is 36.4 Å². The summed E-state index contributed by atoms with van der Waals surface area (Å²) in [6.07, 6.45) is 4.33. The van der Waals surface area contributed by atoms with Gasteiger partial charge in [0.15, 0.2) is 0 Å². The van der Waals surface area contributed by atoms with Gasteiger partial charge < -0.3 is 9.80 Å². The summed E-state index contributed by atoms with van der Waals surface area (Å²) in [6, 6.07) is 93.9. The summed E-state index contributed by atoms with van der Waals surface area (Å²) in [4.78, 5) is 4.79. The van der Waals surface area contributed by atoms with Gasteiger partial charge in [0.05, 0.1) is 17.1 Å². The van der Waals surface area contributed by atoms with Crippen LogP contribution in [0.15, 0.2) is 279 Å². The number of allylic oxidation sites excluding steroid dienone is 1. The summed E-state index contributed by atoms with van der Waals surface area (Å²) in [5.41, 5.74) is 15.1. The monoisotopic (exact) mass is 992 g/mol. The topological polar surface area (TPSA) is 6.48 Å². The summed E-state index contributed by atoms with van der Waals surface area (Å²) in [5.74, 6) is -0.547. The number of hydrogen-bond acceptors (Lipinski definition) is 2. The van der Waals surface area contributed by atoms with Gasteiger partial charge in [-0.15, -0.1) is 0 Å². The Balaban J connectivity index is 1.09. The van der Waals surface area contributed by atoms with Gasteiger partial charge in [-0.3, -0.25) is 0 Å². The van der Waals surface area contributed by atoms with E-state index in [2.05, 4.69) is 241 Å². The molecule has 13 aromatic rings. The highest BCUT2D eigenvalue weighted by Gasteiger charge is 2.24. The van der Waals surface area contributed by atoms with E-state index in [4.69, 9.17) is 0 Å². The summed E-state index contributed by atoms with van der Waals surface area (Å²) < 4.78 is 29.1. The summed E-state index contributed by atoms with van der Waals surface area (Å²) >= 11 is 0. The smallest absolute Gasteiger partial charge is 0.123 e. The Morgan fingerprint density at radius 2 is 0.714 bits per heavy atom. The van der Waals surface area contributed by atoms with Crippen molar-refractivity contribution in [2.75, 3.05) is 9.80 Å². The molecule has 0 aliphatic rings. The van der Waals surface area contributed by atoms with Crippen molar-refractivity contribution >= 4 is 83.3 Å². The largest absolute Gasteiger partial charge is 0.310 e. The molecule has 0 aromatic heterocycles. The molecule has 0 atom stereocenters. The molecule has 13 aromatic carbocycles. The fraction of sp³-hybridized carbons (Fsp3) is 0.0137. The lowest BCUT2D eigenvalue weighted by Crippen LogP contribution is -2.12. The molecular weight excluding hydrogens is 943 g/mol. The van der Waals surface area contributed by atoms with Crippen molar-refractivity contribution in [3.63, 3.8) is 0 Å².